The highest BCUT2D eigenvalue weighted by Gasteiger charge is 2.10. The van der Waals surface area contributed by atoms with Crippen LogP contribution in [-0.2, 0) is 0 Å². The molecule has 0 amide bonds. The SMILES string of the molecule is [c]1ccc2c(c1)c1ccc3ccccc3c1c1ccccc21. The van der Waals surface area contributed by atoms with Gasteiger partial charge in [-0.05, 0) is 55.2 Å². The van der Waals surface area contributed by atoms with Gasteiger partial charge < -0.3 is 0 Å². The standard InChI is InChI=1S/C22H13/c1-2-8-16-15(7-1)13-14-21-19-11-4-3-9-17(19)18-10-5-6-12-20(18)22(16)21/h1-3,5-14H. The average molecular weight is 277 g/mol. The quantitative estimate of drug-likeness (QED) is 0.300. The lowest BCUT2D eigenvalue weighted by Crippen LogP contribution is -1.84. The number of benzene rings is 5. The fourth-order valence-electron chi connectivity index (χ4n) is 3.61. The van der Waals surface area contributed by atoms with Crippen LogP contribution in [-0.4, -0.2) is 0 Å². The minimum atomic E-state index is 1.28. The van der Waals surface area contributed by atoms with Crippen molar-refractivity contribution in [2.75, 3.05) is 0 Å². The largest absolute Gasteiger partial charge is 0.0616 e. The molecule has 0 aliphatic heterocycles. The Hall–Kier alpha value is -2.86. The summed E-state index contributed by atoms with van der Waals surface area (Å²) in [4.78, 5) is 0. The van der Waals surface area contributed by atoms with Gasteiger partial charge in [0.1, 0.15) is 0 Å². The van der Waals surface area contributed by atoms with Gasteiger partial charge in [0, 0.05) is 0 Å². The van der Waals surface area contributed by atoms with E-state index in [0.29, 0.717) is 0 Å². The molecule has 5 aromatic carbocycles. The maximum atomic E-state index is 3.24. The molecule has 5 rings (SSSR count). The number of hydrogen-bond acceptors (Lipinski definition) is 0. The average Bonchev–Trinajstić information content (AvgIpc) is 2.61. The summed E-state index contributed by atoms with van der Waals surface area (Å²) in [6.45, 7) is 0. The van der Waals surface area contributed by atoms with Gasteiger partial charge in [-0.1, -0.05) is 72.8 Å². The molecule has 0 aliphatic carbocycles. The third-order valence-corrected chi connectivity index (χ3v) is 4.57. The van der Waals surface area contributed by atoms with Crippen molar-refractivity contribution in [3.05, 3.63) is 84.9 Å². The molecule has 0 heteroatoms. The van der Waals surface area contributed by atoms with Crippen molar-refractivity contribution in [1.29, 1.82) is 0 Å². The predicted molar refractivity (Wildman–Crippen MR) is 95.3 cm³/mol. The van der Waals surface area contributed by atoms with E-state index >= 15 is 0 Å². The van der Waals surface area contributed by atoms with Crippen LogP contribution in [0.25, 0.3) is 43.1 Å². The summed E-state index contributed by atoms with van der Waals surface area (Å²) in [5.41, 5.74) is 0. The van der Waals surface area contributed by atoms with Crippen LogP contribution in [0.1, 0.15) is 0 Å². The van der Waals surface area contributed by atoms with Crippen LogP contribution >= 0.6 is 0 Å². The van der Waals surface area contributed by atoms with E-state index < -0.39 is 0 Å². The van der Waals surface area contributed by atoms with Gasteiger partial charge in [-0.2, -0.15) is 0 Å². The summed E-state index contributed by atoms with van der Waals surface area (Å²) >= 11 is 0. The third-order valence-electron chi connectivity index (χ3n) is 4.57. The number of fused-ring (bicyclic) bond motifs is 8. The summed E-state index contributed by atoms with van der Waals surface area (Å²) in [6.07, 6.45) is 0. The van der Waals surface area contributed by atoms with Crippen molar-refractivity contribution in [3.8, 4) is 0 Å². The van der Waals surface area contributed by atoms with E-state index in [-0.39, 0.29) is 0 Å². The van der Waals surface area contributed by atoms with Crippen molar-refractivity contribution >= 4 is 43.1 Å². The maximum Gasteiger partial charge on any atom is -0.00204 e. The first-order valence-corrected chi connectivity index (χ1v) is 7.55. The topological polar surface area (TPSA) is 0 Å². The molecule has 0 bridgehead atoms. The molecule has 1 radical (unpaired) electrons. The van der Waals surface area contributed by atoms with Crippen LogP contribution in [0.2, 0.25) is 0 Å². The van der Waals surface area contributed by atoms with E-state index in [4.69, 9.17) is 0 Å². The molecule has 0 N–H and O–H groups in total. The summed E-state index contributed by atoms with van der Waals surface area (Å²) in [5, 5.41) is 10.5. The Balaban J connectivity index is 2.24. The minimum absolute atomic E-state index is 1.28. The molecular weight excluding hydrogens is 264 g/mol. The van der Waals surface area contributed by atoms with Crippen LogP contribution in [0, 0.1) is 6.07 Å². The zero-order chi connectivity index (χ0) is 14.5. The first-order valence-electron chi connectivity index (χ1n) is 7.55. The lowest BCUT2D eigenvalue weighted by atomic mass is 9.91. The van der Waals surface area contributed by atoms with Crippen LogP contribution in [0.4, 0.5) is 0 Å². The molecule has 0 aliphatic rings. The van der Waals surface area contributed by atoms with Gasteiger partial charge in [-0.25, -0.2) is 0 Å². The molecule has 0 saturated heterocycles. The highest BCUT2D eigenvalue weighted by molar-refractivity contribution is 6.31. The van der Waals surface area contributed by atoms with Gasteiger partial charge in [0.15, 0.2) is 0 Å². The second kappa shape index (κ2) is 4.32. The molecular formula is C22H13. The highest BCUT2D eigenvalue weighted by atomic mass is 14.1. The fraction of sp³-hybridized carbons (Fsp3) is 0. The van der Waals surface area contributed by atoms with E-state index in [9.17, 15) is 0 Å². The first kappa shape index (κ1) is 11.8. The van der Waals surface area contributed by atoms with Gasteiger partial charge in [-0.15, -0.1) is 0 Å². The lowest BCUT2D eigenvalue weighted by molar-refractivity contribution is 1.77. The Bertz CT molecular complexity index is 1120. The van der Waals surface area contributed by atoms with Crippen LogP contribution in [0.15, 0.2) is 78.9 Å². The van der Waals surface area contributed by atoms with E-state index in [1.807, 2.05) is 6.07 Å². The Labute approximate surface area is 128 Å². The monoisotopic (exact) mass is 277 g/mol. The maximum absolute atomic E-state index is 3.24. The lowest BCUT2D eigenvalue weighted by Gasteiger charge is -2.12. The molecule has 0 nitrogen and oxygen atoms in total. The van der Waals surface area contributed by atoms with E-state index in [1.54, 1.807) is 0 Å². The number of hydrogen-bond donors (Lipinski definition) is 0. The van der Waals surface area contributed by atoms with Gasteiger partial charge in [0.2, 0.25) is 0 Å². The smallest absolute Gasteiger partial charge is 0.00204 e. The minimum Gasteiger partial charge on any atom is -0.0616 e. The molecule has 0 heterocycles. The van der Waals surface area contributed by atoms with E-state index in [2.05, 4.69) is 78.9 Å². The van der Waals surface area contributed by atoms with Gasteiger partial charge >= 0.3 is 0 Å². The molecule has 0 spiro atoms. The second-order valence-electron chi connectivity index (χ2n) is 5.73. The summed E-state index contributed by atoms with van der Waals surface area (Å²) < 4.78 is 0. The van der Waals surface area contributed by atoms with E-state index in [0.717, 1.165) is 0 Å². The van der Waals surface area contributed by atoms with Crippen molar-refractivity contribution in [3.63, 3.8) is 0 Å². The zero-order valence-corrected chi connectivity index (χ0v) is 12.0. The normalized spacial score (nSPS) is 11.6. The molecule has 101 valence electrons. The molecule has 0 fully saturated rings. The van der Waals surface area contributed by atoms with Crippen molar-refractivity contribution < 1.29 is 0 Å². The zero-order valence-electron chi connectivity index (χ0n) is 12.0. The number of rotatable bonds is 0. The van der Waals surface area contributed by atoms with Crippen LogP contribution < -0.4 is 0 Å². The molecule has 22 heavy (non-hydrogen) atoms. The highest BCUT2D eigenvalue weighted by Crippen LogP contribution is 2.38. The fourth-order valence-corrected chi connectivity index (χ4v) is 3.61. The Morgan fingerprint density at radius 1 is 0.500 bits per heavy atom. The van der Waals surface area contributed by atoms with Crippen molar-refractivity contribution in [2.24, 2.45) is 0 Å². The van der Waals surface area contributed by atoms with Crippen molar-refractivity contribution in [1.82, 2.24) is 0 Å². The van der Waals surface area contributed by atoms with Crippen LogP contribution in [0.3, 0.4) is 0 Å². The Morgan fingerprint density at radius 2 is 1.18 bits per heavy atom. The summed E-state index contributed by atoms with van der Waals surface area (Å²) in [5.74, 6) is 0. The molecule has 0 saturated carbocycles. The first-order chi connectivity index (χ1) is 10.9. The van der Waals surface area contributed by atoms with Gasteiger partial charge in [-0.3, -0.25) is 0 Å². The molecule has 0 unspecified atom stereocenters. The van der Waals surface area contributed by atoms with E-state index in [1.165, 1.54) is 43.1 Å². The molecule has 5 aromatic rings. The molecule has 0 aromatic heterocycles. The van der Waals surface area contributed by atoms with Gasteiger partial charge in [0.05, 0.1) is 0 Å². The molecule has 0 atom stereocenters. The van der Waals surface area contributed by atoms with Gasteiger partial charge in [0.25, 0.3) is 0 Å². The summed E-state index contributed by atoms with van der Waals surface area (Å²) in [7, 11) is 0. The Morgan fingerprint density at radius 3 is 2.09 bits per heavy atom. The summed E-state index contributed by atoms with van der Waals surface area (Å²) in [6, 6.07) is 31.3. The second-order valence-corrected chi connectivity index (χ2v) is 5.73. The third kappa shape index (κ3) is 1.47. The Kier molecular flexibility index (Phi) is 2.31. The van der Waals surface area contributed by atoms with Crippen LogP contribution in [0.5, 0.6) is 0 Å². The predicted octanol–water partition coefficient (Wildman–Crippen LogP) is 6.10. The van der Waals surface area contributed by atoms with Crippen molar-refractivity contribution in [2.45, 2.75) is 0 Å².